The lowest BCUT2D eigenvalue weighted by Crippen LogP contribution is -2.15. The van der Waals surface area contributed by atoms with Crippen molar-refractivity contribution in [2.24, 2.45) is 0 Å². The third-order valence-electron chi connectivity index (χ3n) is 3.70. The molecule has 2 heterocycles. The largest absolute Gasteiger partial charge is 0.459 e. The van der Waals surface area contributed by atoms with Crippen LogP contribution < -0.4 is 5.32 Å². The van der Waals surface area contributed by atoms with Crippen LogP contribution in [0.15, 0.2) is 61.4 Å². The van der Waals surface area contributed by atoms with Crippen LogP contribution >= 0.6 is 11.6 Å². The molecule has 0 aliphatic rings. The van der Waals surface area contributed by atoms with Crippen LogP contribution in [-0.4, -0.2) is 19.4 Å². The summed E-state index contributed by atoms with van der Waals surface area (Å²) >= 11 is 5.84. The lowest BCUT2D eigenvalue weighted by molar-refractivity contribution is 0.518. The minimum absolute atomic E-state index is 0.0107. The van der Waals surface area contributed by atoms with Gasteiger partial charge in [0.15, 0.2) is 5.76 Å². The van der Waals surface area contributed by atoms with Crippen LogP contribution in [0.2, 0.25) is 5.02 Å². The molecule has 0 aliphatic carbocycles. The third-order valence-corrected chi connectivity index (χ3v) is 5.63. The van der Waals surface area contributed by atoms with E-state index in [2.05, 4.69) is 10.3 Å². The van der Waals surface area contributed by atoms with Crippen molar-refractivity contribution in [3.63, 3.8) is 0 Å². The van der Waals surface area contributed by atoms with E-state index in [1.807, 2.05) is 13.8 Å². The van der Waals surface area contributed by atoms with E-state index in [0.717, 1.165) is 6.42 Å². The van der Waals surface area contributed by atoms with Crippen molar-refractivity contribution in [3.05, 3.63) is 47.7 Å². The van der Waals surface area contributed by atoms with Gasteiger partial charge in [0.25, 0.3) is 5.89 Å². The zero-order valence-electron chi connectivity index (χ0n) is 13.7. The number of sulfone groups is 1. The summed E-state index contributed by atoms with van der Waals surface area (Å²) in [5, 5.41) is 3.33. The number of anilines is 1. The van der Waals surface area contributed by atoms with Gasteiger partial charge in [0, 0.05) is 11.1 Å². The molecule has 0 aliphatic heterocycles. The second kappa shape index (κ2) is 6.93. The van der Waals surface area contributed by atoms with Gasteiger partial charge in [-0.05, 0) is 49.7 Å². The first-order valence-electron chi connectivity index (χ1n) is 7.73. The molecular weight excluding hydrogens is 364 g/mol. The molecule has 0 spiro atoms. The second-order valence-corrected chi connectivity index (χ2v) is 7.84. The van der Waals surface area contributed by atoms with Crippen molar-refractivity contribution in [3.8, 4) is 11.7 Å². The number of oxazole rings is 1. The zero-order valence-corrected chi connectivity index (χ0v) is 15.3. The number of halogens is 1. The Hall–Kier alpha value is -2.25. The van der Waals surface area contributed by atoms with Crippen LogP contribution in [0.5, 0.6) is 0 Å². The van der Waals surface area contributed by atoms with E-state index in [1.165, 1.54) is 30.5 Å². The van der Waals surface area contributed by atoms with E-state index >= 15 is 0 Å². The van der Waals surface area contributed by atoms with Gasteiger partial charge in [-0.3, -0.25) is 0 Å². The van der Waals surface area contributed by atoms with Crippen LogP contribution in [0.1, 0.15) is 20.3 Å². The number of nitrogens with zero attached hydrogens (tertiary/aromatic N) is 1. The number of benzene rings is 1. The van der Waals surface area contributed by atoms with E-state index in [-0.39, 0.29) is 27.7 Å². The summed E-state index contributed by atoms with van der Waals surface area (Å²) in [6.07, 6.45) is 2.26. The Morgan fingerprint density at radius 3 is 2.56 bits per heavy atom. The normalized spacial score (nSPS) is 12.9. The van der Waals surface area contributed by atoms with Gasteiger partial charge in [-0.25, -0.2) is 8.42 Å². The summed E-state index contributed by atoms with van der Waals surface area (Å²) in [6.45, 7) is 3.91. The lowest BCUT2D eigenvalue weighted by Gasteiger charge is -2.11. The van der Waals surface area contributed by atoms with Gasteiger partial charge in [0.2, 0.25) is 20.7 Å². The van der Waals surface area contributed by atoms with Crippen LogP contribution in [0, 0.1) is 0 Å². The molecule has 0 amide bonds. The first kappa shape index (κ1) is 17.6. The van der Waals surface area contributed by atoms with Gasteiger partial charge < -0.3 is 14.2 Å². The molecule has 1 N–H and O–H groups in total. The van der Waals surface area contributed by atoms with Gasteiger partial charge in [-0.2, -0.15) is 4.98 Å². The minimum atomic E-state index is -3.88. The SMILES string of the molecule is CCC(C)Nc1oc(-c2ccco2)nc1S(=O)(=O)c1ccc(Cl)cc1. The van der Waals surface area contributed by atoms with E-state index in [9.17, 15) is 8.42 Å². The summed E-state index contributed by atoms with van der Waals surface area (Å²) in [4.78, 5) is 4.25. The van der Waals surface area contributed by atoms with Crippen molar-refractivity contribution in [2.45, 2.75) is 36.2 Å². The number of rotatable bonds is 6. The predicted molar refractivity (Wildman–Crippen MR) is 94.5 cm³/mol. The summed E-state index contributed by atoms with van der Waals surface area (Å²) in [7, 11) is -3.88. The summed E-state index contributed by atoms with van der Waals surface area (Å²) in [6, 6.07) is 9.24. The van der Waals surface area contributed by atoms with Crippen molar-refractivity contribution in [1.82, 2.24) is 4.98 Å². The van der Waals surface area contributed by atoms with Gasteiger partial charge in [0.05, 0.1) is 11.2 Å². The number of furan rings is 1. The van der Waals surface area contributed by atoms with Crippen LogP contribution in [0.4, 0.5) is 5.88 Å². The van der Waals surface area contributed by atoms with Crippen LogP contribution in [0.3, 0.4) is 0 Å². The average Bonchev–Trinajstić information content (AvgIpc) is 3.24. The number of hydrogen-bond acceptors (Lipinski definition) is 6. The number of aromatic nitrogens is 1. The van der Waals surface area contributed by atoms with Gasteiger partial charge in [-0.15, -0.1) is 0 Å². The molecule has 1 unspecified atom stereocenters. The molecule has 2 aromatic heterocycles. The molecule has 6 nitrogen and oxygen atoms in total. The Kier molecular flexibility index (Phi) is 4.87. The summed E-state index contributed by atoms with van der Waals surface area (Å²) in [5.74, 6) is 0.545. The fourth-order valence-electron chi connectivity index (χ4n) is 2.14. The first-order valence-corrected chi connectivity index (χ1v) is 9.60. The van der Waals surface area contributed by atoms with Crippen molar-refractivity contribution in [1.29, 1.82) is 0 Å². The third kappa shape index (κ3) is 3.57. The highest BCUT2D eigenvalue weighted by atomic mass is 35.5. The van der Waals surface area contributed by atoms with E-state index in [1.54, 1.807) is 12.1 Å². The Bertz CT molecular complexity index is 947. The molecule has 3 rings (SSSR count). The van der Waals surface area contributed by atoms with Crippen molar-refractivity contribution < 1.29 is 17.3 Å². The van der Waals surface area contributed by atoms with Crippen LogP contribution in [0.25, 0.3) is 11.7 Å². The lowest BCUT2D eigenvalue weighted by atomic mass is 10.3. The maximum atomic E-state index is 13.0. The van der Waals surface area contributed by atoms with E-state index in [4.69, 9.17) is 20.4 Å². The summed E-state index contributed by atoms with van der Waals surface area (Å²) in [5.41, 5.74) is 0. The van der Waals surface area contributed by atoms with Gasteiger partial charge in [-0.1, -0.05) is 18.5 Å². The quantitative estimate of drug-likeness (QED) is 0.670. The molecule has 0 fully saturated rings. The molecule has 132 valence electrons. The molecule has 0 radical (unpaired) electrons. The van der Waals surface area contributed by atoms with Gasteiger partial charge >= 0.3 is 0 Å². The second-order valence-electron chi connectivity index (χ2n) is 5.54. The highest BCUT2D eigenvalue weighted by Crippen LogP contribution is 2.33. The Morgan fingerprint density at radius 1 is 1.24 bits per heavy atom. The monoisotopic (exact) mass is 380 g/mol. The molecule has 0 saturated carbocycles. The fraction of sp³-hybridized carbons (Fsp3) is 0.235. The standard InChI is InChI=1S/C17H17ClN2O4S/c1-3-11(2)19-16-17(20-15(24-16)14-5-4-10-23-14)25(21,22)13-8-6-12(18)7-9-13/h4-11,19H,3H2,1-2H3. The summed E-state index contributed by atoms with van der Waals surface area (Å²) < 4.78 is 36.9. The molecular formula is C17H17ClN2O4S. The molecule has 1 aromatic carbocycles. The maximum absolute atomic E-state index is 13.0. The highest BCUT2D eigenvalue weighted by molar-refractivity contribution is 7.91. The van der Waals surface area contributed by atoms with E-state index < -0.39 is 9.84 Å². The Morgan fingerprint density at radius 2 is 1.96 bits per heavy atom. The Balaban J connectivity index is 2.10. The van der Waals surface area contributed by atoms with Crippen LogP contribution in [-0.2, 0) is 9.84 Å². The Labute approximate surface area is 150 Å². The van der Waals surface area contributed by atoms with Crippen molar-refractivity contribution in [2.75, 3.05) is 5.32 Å². The molecule has 0 bridgehead atoms. The molecule has 0 saturated heterocycles. The topological polar surface area (TPSA) is 85.3 Å². The molecule has 3 aromatic rings. The molecule has 1 atom stereocenters. The number of nitrogens with one attached hydrogen (secondary N) is 1. The minimum Gasteiger partial charge on any atom is -0.459 e. The number of hydrogen-bond donors (Lipinski definition) is 1. The average molecular weight is 381 g/mol. The van der Waals surface area contributed by atoms with Crippen molar-refractivity contribution >= 4 is 27.3 Å². The molecule has 8 heteroatoms. The first-order chi connectivity index (χ1) is 11.9. The predicted octanol–water partition coefficient (Wildman–Crippen LogP) is 4.63. The van der Waals surface area contributed by atoms with E-state index in [0.29, 0.717) is 10.8 Å². The maximum Gasteiger partial charge on any atom is 0.266 e. The smallest absolute Gasteiger partial charge is 0.266 e. The van der Waals surface area contributed by atoms with Gasteiger partial charge in [0.1, 0.15) is 0 Å². The highest BCUT2D eigenvalue weighted by Gasteiger charge is 2.29. The zero-order chi connectivity index (χ0) is 18.0. The fourth-order valence-corrected chi connectivity index (χ4v) is 3.53. The molecule has 25 heavy (non-hydrogen) atoms.